The molecular weight excluding hydrogens is 458 g/mol. The van der Waals surface area contributed by atoms with E-state index in [1.54, 1.807) is 60.5 Å². The van der Waals surface area contributed by atoms with Crippen LogP contribution in [0.15, 0.2) is 63.4 Å². The summed E-state index contributed by atoms with van der Waals surface area (Å²) in [5, 5.41) is 14.6. The quantitative estimate of drug-likeness (QED) is 0.282. The summed E-state index contributed by atoms with van der Waals surface area (Å²) in [4.78, 5) is 34.2. The number of halogens is 1. The van der Waals surface area contributed by atoms with Crippen LogP contribution in [0.5, 0.6) is 0 Å². The molecule has 4 rings (SSSR count). The molecule has 1 aromatic heterocycles. The number of rotatable bonds is 6. The normalized spacial score (nSPS) is 18.8. The summed E-state index contributed by atoms with van der Waals surface area (Å²) >= 11 is 6.05. The molecule has 0 spiro atoms. The van der Waals surface area contributed by atoms with Gasteiger partial charge in [0.2, 0.25) is 0 Å². The molecular formula is C24H24ClN5O4. The second-order valence-corrected chi connectivity index (χ2v) is 8.39. The van der Waals surface area contributed by atoms with Crippen LogP contribution in [0.1, 0.15) is 22.3 Å². The van der Waals surface area contributed by atoms with E-state index in [4.69, 9.17) is 22.2 Å². The van der Waals surface area contributed by atoms with Crippen molar-refractivity contribution in [2.45, 2.75) is 18.6 Å². The van der Waals surface area contributed by atoms with Gasteiger partial charge < -0.3 is 25.6 Å². The van der Waals surface area contributed by atoms with Crippen LogP contribution in [0, 0.1) is 0 Å². The number of aromatic amines is 1. The number of benzene rings is 2. The Bertz CT molecular complexity index is 1320. The van der Waals surface area contributed by atoms with Crippen LogP contribution < -0.4 is 11.4 Å². The molecule has 9 nitrogen and oxygen atoms in total. The summed E-state index contributed by atoms with van der Waals surface area (Å²) in [5.74, 6) is 5.35. The van der Waals surface area contributed by atoms with Gasteiger partial charge in [0.15, 0.2) is 0 Å². The highest BCUT2D eigenvalue weighted by Gasteiger charge is 2.35. The molecule has 3 aromatic rings. The van der Waals surface area contributed by atoms with Crippen molar-refractivity contribution < 1.29 is 14.6 Å². The first-order chi connectivity index (χ1) is 16.4. The lowest BCUT2D eigenvalue weighted by molar-refractivity contribution is 0.0648. The van der Waals surface area contributed by atoms with Crippen LogP contribution in [-0.4, -0.2) is 65.2 Å². The summed E-state index contributed by atoms with van der Waals surface area (Å²) in [6.45, 7) is 0.317. The number of carbonyl (C=O) groups is 1. The van der Waals surface area contributed by atoms with Crippen molar-refractivity contribution in [1.82, 2.24) is 9.88 Å². The third kappa shape index (κ3) is 4.86. The molecule has 1 fully saturated rings. The number of fused-ring (bicyclic) bond motifs is 1. The molecule has 1 aliphatic heterocycles. The van der Waals surface area contributed by atoms with Crippen LogP contribution >= 0.6 is 11.6 Å². The SMILES string of the molecule is CO[C@@H]1C[C@H](CO)N(C(=O)c2ccc(N=CC(=NN)c3cc4cc(Cl)ccc4[nH]c3=O)cc2)C1. The fourth-order valence-electron chi connectivity index (χ4n) is 4.00. The molecule has 2 atom stereocenters. The van der Waals surface area contributed by atoms with Gasteiger partial charge in [-0.25, -0.2) is 0 Å². The summed E-state index contributed by atoms with van der Waals surface area (Å²) in [6, 6.07) is 13.2. The first-order valence-electron chi connectivity index (χ1n) is 10.6. The van der Waals surface area contributed by atoms with Crippen molar-refractivity contribution in [1.29, 1.82) is 0 Å². The third-order valence-electron chi connectivity index (χ3n) is 5.85. The Kier molecular flexibility index (Phi) is 7.06. The van der Waals surface area contributed by atoms with Crippen LogP contribution in [0.3, 0.4) is 0 Å². The number of carbonyl (C=O) groups excluding carboxylic acids is 1. The number of aliphatic hydroxyl groups is 1. The van der Waals surface area contributed by atoms with E-state index in [-0.39, 0.29) is 41.5 Å². The lowest BCUT2D eigenvalue weighted by Crippen LogP contribution is -2.38. The van der Waals surface area contributed by atoms with Crippen LogP contribution in [0.4, 0.5) is 5.69 Å². The molecule has 10 heteroatoms. The van der Waals surface area contributed by atoms with Crippen molar-refractivity contribution >= 4 is 46.0 Å². The Hall–Kier alpha value is -3.53. The number of nitrogens with one attached hydrogen (secondary N) is 1. The Labute approximate surface area is 200 Å². The average Bonchev–Trinajstić information content (AvgIpc) is 3.28. The van der Waals surface area contributed by atoms with Gasteiger partial charge in [-0.15, -0.1) is 0 Å². The number of aromatic nitrogens is 1. The van der Waals surface area contributed by atoms with Gasteiger partial charge in [0.05, 0.1) is 36.2 Å². The predicted octanol–water partition coefficient (Wildman–Crippen LogP) is 2.47. The number of H-pyrrole nitrogens is 1. The molecule has 0 bridgehead atoms. The maximum Gasteiger partial charge on any atom is 0.258 e. The van der Waals surface area contributed by atoms with Gasteiger partial charge in [0.25, 0.3) is 11.5 Å². The van der Waals surface area contributed by atoms with Crippen molar-refractivity contribution in [3.63, 3.8) is 0 Å². The Morgan fingerprint density at radius 1 is 1.29 bits per heavy atom. The predicted molar refractivity (Wildman–Crippen MR) is 132 cm³/mol. The second-order valence-electron chi connectivity index (χ2n) is 7.95. The monoisotopic (exact) mass is 481 g/mol. The van der Waals surface area contributed by atoms with Gasteiger partial charge >= 0.3 is 0 Å². The molecule has 1 aliphatic rings. The maximum atomic E-state index is 12.9. The smallest absolute Gasteiger partial charge is 0.258 e. The summed E-state index contributed by atoms with van der Waals surface area (Å²) < 4.78 is 5.34. The average molecular weight is 482 g/mol. The number of aliphatic hydroxyl groups excluding tert-OH is 1. The number of methoxy groups -OCH3 is 1. The number of likely N-dealkylation sites (tertiary alicyclic amines) is 1. The highest BCUT2D eigenvalue weighted by molar-refractivity contribution is 6.38. The number of hydrazone groups is 1. The summed E-state index contributed by atoms with van der Waals surface area (Å²) in [7, 11) is 1.60. The van der Waals surface area contributed by atoms with Crippen molar-refractivity contribution in [3.05, 3.63) is 75.0 Å². The fourth-order valence-corrected chi connectivity index (χ4v) is 4.18. The second kappa shape index (κ2) is 10.2. The van der Waals surface area contributed by atoms with E-state index in [2.05, 4.69) is 15.1 Å². The Balaban J connectivity index is 1.53. The number of nitrogens with zero attached hydrogens (tertiary/aromatic N) is 3. The van der Waals surface area contributed by atoms with E-state index in [0.717, 1.165) is 5.39 Å². The molecule has 176 valence electrons. The molecule has 1 saturated heterocycles. The van der Waals surface area contributed by atoms with Gasteiger partial charge in [0.1, 0.15) is 5.71 Å². The fraction of sp³-hybridized carbons (Fsp3) is 0.250. The number of aliphatic imine (C=N–C) groups is 1. The Morgan fingerprint density at radius 3 is 2.74 bits per heavy atom. The highest BCUT2D eigenvalue weighted by Crippen LogP contribution is 2.23. The van der Waals surface area contributed by atoms with E-state index in [1.807, 2.05) is 0 Å². The van der Waals surface area contributed by atoms with Crippen LogP contribution in [-0.2, 0) is 4.74 Å². The molecule has 4 N–H and O–H groups in total. The highest BCUT2D eigenvalue weighted by atomic mass is 35.5. The molecule has 0 radical (unpaired) electrons. The van der Waals surface area contributed by atoms with Crippen molar-refractivity contribution in [2.24, 2.45) is 15.9 Å². The van der Waals surface area contributed by atoms with E-state index in [1.165, 1.54) is 6.21 Å². The number of hydrogen-bond acceptors (Lipinski definition) is 7. The molecule has 0 saturated carbocycles. The first kappa shape index (κ1) is 23.6. The molecule has 0 aliphatic carbocycles. The third-order valence-corrected chi connectivity index (χ3v) is 6.09. The van der Waals surface area contributed by atoms with E-state index < -0.39 is 0 Å². The molecule has 0 unspecified atom stereocenters. The number of amides is 1. The number of nitrogens with two attached hydrogens (primary N) is 1. The van der Waals surface area contributed by atoms with E-state index >= 15 is 0 Å². The van der Waals surface area contributed by atoms with Gasteiger partial charge in [0, 0.05) is 35.1 Å². The topological polar surface area (TPSA) is 133 Å². The number of hydrogen-bond donors (Lipinski definition) is 3. The zero-order valence-electron chi connectivity index (χ0n) is 18.4. The van der Waals surface area contributed by atoms with Gasteiger partial charge in [-0.2, -0.15) is 5.10 Å². The number of ether oxygens (including phenoxy) is 1. The number of pyridine rings is 1. The van der Waals surface area contributed by atoms with Crippen LogP contribution in [0.25, 0.3) is 10.9 Å². The van der Waals surface area contributed by atoms with Gasteiger partial charge in [-0.3, -0.25) is 14.6 Å². The molecule has 2 aromatic carbocycles. The summed E-state index contributed by atoms with van der Waals surface area (Å²) in [5.41, 5.74) is 1.76. The first-order valence-corrected chi connectivity index (χ1v) is 11.0. The van der Waals surface area contributed by atoms with Crippen molar-refractivity contribution in [2.75, 3.05) is 20.3 Å². The van der Waals surface area contributed by atoms with E-state index in [0.29, 0.717) is 34.8 Å². The standard InChI is InChI=1S/C24H24ClN5O4/c1-34-19-10-18(13-31)30(12-19)24(33)14-2-5-17(6-3-14)27-11-22(29-26)20-9-15-8-16(25)4-7-21(15)28-23(20)32/h2-9,11,18-19,31H,10,12-13,26H2,1H3,(H,28,32)/t18-,19-/m1/s1. The molecule has 2 heterocycles. The maximum absolute atomic E-state index is 12.9. The lowest BCUT2D eigenvalue weighted by Gasteiger charge is -2.22. The minimum atomic E-state index is -0.357. The lowest BCUT2D eigenvalue weighted by atomic mass is 10.1. The van der Waals surface area contributed by atoms with Gasteiger partial charge in [-0.1, -0.05) is 11.6 Å². The minimum Gasteiger partial charge on any atom is -0.394 e. The zero-order chi connectivity index (χ0) is 24.2. The molecule has 1 amide bonds. The zero-order valence-corrected chi connectivity index (χ0v) is 19.2. The van der Waals surface area contributed by atoms with Gasteiger partial charge in [-0.05, 0) is 55.0 Å². The minimum absolute atomic E-state index is 0.0896. The largest absolute Gasteiger partial charge is 0.394 e. The Morgan fingerprint density at radius 2 is 2.06 bits per heavy atom. The van der Waals surface area contributed by atoms with E-state index in [9.17, 15) is 14.7 Å². The van der Waals surface area contributed by atoms with Crippen LogP contribution in [0.2, 0.25) is 5.02 Å². The summed E-state index contributed by atoms with van der Waals surface area (Å²) in [6.07, 6.45) is 1.90. The molecule has 34 heavy (non-hydrogen) atoms. The van der Waals surface area contributed by atoms with Crippen molar-refractivity contribution in [3.8, 4) is 0 Å².